The Morgan fingerprint density at radius 3 is 2.75 bits per heavy atom. The van der Waals surface area contributed by atoms with Crippen molar-refractivity contribution in [3.05, 3.63) is 36.3 Å². The zero-order chi connectivity index (χ0) is 28.5. The van der Waals surface area contributed by atoms with Crippen LogP contribution in [0.3, 0.4) is 0 Å². The number of carbonyl (C=O) groups excluding carboxylic acids is 2. The SMILES string of the molecule is [2H]C([2H])([2H])NC(=O)c1nnc(N2CCN(CC(C)(C)O)C2=O)cc1Nc1cccc(-c2ncn(C)n2)c1OC. The fourth-order valence-corrected chi connectivity index (χ4v) is 3.88. The topological polar surface area (TPSA) is 151 Å². The van der Waals surface area contributed by atoms with Gasteiger partial charge < -0.3 is 25.4 Å². The average molecular weight is 499 g/mol. The number of benzene rings is 1. The fourth-order valence-electron chi connectivity index (χ4n) is 3.88. The Bertz CT molecular complexity index is 1390. The van der Waals surface area contributed by atoms with E-state index in [4.69, 9.17) is 8.85 Å². The summed E-state index contributed by atoms with van der Waals surface area (Å²) in [6.07, 6.45) is 1.54. The van der Waals surface area contributed by atoms with Crippen LogP contribution in [0.25, 0.3) is 11.4 Å². The molecule has 4 rings (SSSR count). The molecule has 190 valence electrons. The quantitative estimate of drug-likeness (QED) is 0.419. The van der Waals surface area contributed by atoms with Crippen LogP contribution < -0.4 is 20.3 Å². The van der Waals surface area contributed by atoms with Gasteiger partial charge in [-0.15, -0.1) is 10.2 Å². The average Bonchev–Trinajstić information content (AvgIpc) is 3.42. The third-order valence-corrected chi connectivity index (χ3v) is 5.39. The van der Waals surface area contributed by atoms with Crippen molar-refractivity contribution in [3.63, 3.8) is 0 Å². The number of aromatic nitrogens is 5. The zero-order valence-electron chi connectivity index (χ0n) is 23.3. The summed E-state index contributed by atoms with van der Waals surface area (Å²) in [5.41, 5.74) is -0.347. The molecule has 0 saturated carbocycles. The first-order valence-electron chi connectivity index (χ1n) is 12.5. The molecule has 1 aliphatic rings. The van der Waals surface area contributed by atoms with E-state index in [-0.39, 0.29) is 30.3 Å². The molecule has 1 aromatic carbocycles. The predicted molar refractivity (Wildman–Crippen MR) is 132 cm³/mol. The van der Waals surface area contributed by atoms with Gasteiger partial charge in [-0.1, -0.05) is 6.07 Å². The molecular weight excluding hydrogens is 466 g/mol. The number of para-hydroxylation sites is 1. The van der Waals surface area contributed by atoms with E-state index < -0.39 is 24.5 Å². The maximum absolute atomic E-state index is 13.0. The molecule has 2 aromatic heterocycles. The summed E-state index contributed by atoms with van der Waals surface area (Å²) in [5, 5.41) is 27.4. The number of carbonyl (C=O) groups is 2. The van der Waals surface area contributed by atoms with Crippen LogP contribution in [0.15, 0.2) is 30.6 Å². The Hall–Kier alpha value is -4.26. The number of amides is 3. The Balaban J connectivity index is 1.74. The smallest absolute Gasteiger partial charge is 0.325 e. The number of nitrogens with one attached hydrogen (secondary N) is 2. The van der Waals surface area contributed by atoms with Crippen molar-refractivity contribution in [2.45, 2.75) is 19.4 Å². The summed E-state index contributed by atoms with van der Waals surface area (Å²) in [5.74, 6) is -0.0959. The largest absolute Gasteiger partial charge is 0.494 e. The highest BCUT2D eigenvalue weighted by atomic mass is 16.5. The van der Waals surface area contributed by atoms with Gasteiger partial charge in [0, 0.05) is 37.3 Å². The van der Waals surface area contributed by atoms with Gasteiger partial charge in [0.2, 0.25) is 0 Å². The Kier molecular flexibility index (Phi) is 5.72. The number of ether oxygens (including phenoxy) is 1. The van der Waals surface area contributed by atoms with E-state index in [9.17, 15) is 14.7 Å². The van der Waals surface area contributed by atoms with E-state index in [0.29, 0.717) is 29.4 Å². The lowest BCUT2D eigenvalue weighted by Crippen LogP contribution is -2.41. The third kappa shape index (κ3) is 5.05. The van der Waals surface area contributed by atoms with E-state index in [1.807, 2.05) is 5.32 Å². The number of β-amino-alcohol motifs (C(OH)–C–C–N with tert-alkyl or cyclic N) is 1. The van der Waals surface area contributed by atoms with Crippen molar-refractivity contribution in [1.29, 1.82) is 0 Å². The van der Waals surface area contributed by atoms with Crippen LogP contribution >= 0.6 is 0 Å². The van der Waals surface area contributed by atoms with Crippen LogP contribution in [0.1, 0.15) is 28.4 Å². The first-order chi connectivity index (χ1) is 18.3. The lowest BCUT2D eigenvalue weighted by atomic mass is 10.1. The zero-order valence-corrected chi connectivity index (χ0v) is 20.3. The molecule has 3 aromatic rings. The van der Waals surface area contributed by atoms with E-state index in [1.54, 1.807) is 50.1 Å². The molecule has 1 saturated heterocycles. The van der Waals surface area contributed by atoms with Crippen LogP contribution in [-0.4, -0.2) is 86.2 Å². The molecule has 13 nitrogen and oxygen atoms in total. The Morgan fingerprint density at radius 2 is 2.08 bits per heavy atom. The summed E-state index contributed by atoms with van der Waals surface area (Å²) >= 11 is 0. The van der Waals surface area contributed by atoms with Crippen molar-refractivity contribution >= 4 is 29.1 Å². The molecule has 0 unspecified atom stereocenters. The molecule has 3 amide bonds. The van der Waals surface area contributed by atoms with Gasteiger partial charge in [0.1, 0.15) is 6.33 Å². The van der Waals surface area contributed by atoms with Crippen LogP contribution in [-0.2, 0) is 7.05 Å². The first kappa shape index (κ1) is 21.1. The summed E-state index contributed by atoms with van der Waals surface area (Å²) in [6.45, 7) is 1.18. The first-order valence-corrected chi connectivity index (χ1v) is 11.0. The van der Waals surface area contributed by atoms with Gasteiger partial charge in [-0.05, 0) is 26.0 Å². The van der Waals surface area contributed by atoms with Crippen LogP contribution in [0.2, 0.25) is 0 Å². The number of rotatable bonds is 8. The molecule has 1 fully saturated rings. The lowest BCUT2D eigenvalue weighted by Gasteiger charge is -2.25. The standard InChI is InChI=1S/C23H29N9O4/c1-23(2,35)12-31-9-10-32(22(31)34)17-11-16(18(28-27-17)21(33)24-3)26-15-8-6-7-14(19(15)36-5)20-25-13-30(4)29-20/h6-8,11,13,35H,9-10,12H2,1-5H3,(H,24,33)(H,26,27)/i3D3. The van der Waals surface area contributed by atoms with Crippen LogP contribution in [0, 0.1) is 0 Å². The third-order valence-electron chi connectivity index (χ3n) is 5.39. The molecular formula is C23H29N9O4. The minimum Gasteiger partial charge on any atom is -0.494 e. The molecule has 1 aliphatic heterocycles. The van der Waals surface area contributed by atoms with Crippen LogP contribution in [0.4, 0.5) is 22.0 Å². The molecule has 36 heavy (non-hydrogen) atoms. The number of aryl methyl sites for hydroxylation is 1. The molecule has 0 bridgehead atoms. The minimum absolute atomic E-state index is 0.0833. The number of methoxy groups -OCH3 is 1. The van der Waals surface area contributed by atoms with Crippen molar-refractivity contribution < 1.29 is 23.5 Å². The molecule has 0 aliphatic carbocycles. The summed E-state index contributed by atoms with van der Waals surface area (Å²) in [6, 6.07) is 6.21. The molecule has 0 radical (unpaired) electrons. The number of anilines is 3. The summed E-state index contributed by atoms with van der Waals surface area (Å²) in [7, 11) is 3.19. The Morgan fingerprint density at radius 1 is 1.28 bits per heavy atom. The van der Waals surface area contributed by atoms with E-state index in [1.165, 1.54) is 23.0 Å². The second kappa shape index (κ2) is 9.77. The second-order valence-corrected chi connectivity index (χ2v) is 8.84. The van der Waals surface area contributed by atoms with Crippen LogP contribution in [0.5, 0.6) is 5.75 Å². The van der Waals surface area contributed by atoms with Gasteiger partial charge in [-0.2, -0.15) is 5.10 Å². The number of urea groups is 1. The van der Waals surface area contributed by atoms with Crippen molar-refractivity contribution in [2.24, 2.45) is 7.05 Å². The molecule has 3 N–H and O–H groups in total. The van der Waals surface area contributed by atoms with Gasteiger partial charge in [-0.25, -0.2) is 9.78 Å². The van der Waals surface area contributed by atoms with E-state index >= 15 is 0 Å². The maximum Gasteiger partial charge on any atom is 0.325 e. The highest BCUT2D eigenvalue weighted by Gasteiger charge is 2.34. The van der Waals surface area contributed by atoms with Crippen molar-refractivity contribution in [3.8, 4) is 17.1 Å². The summed E-state index contributed by atoms with van der Waals surface area (Å²) < 4.78 is 29.4. The minimum atomic E-state index is -2.76. The molecule has 0 spiro atoms. The number of nitrogens with zero attached hydrogens (tertiary/aromatic N) is 7. The number of hydrogen-bond acceptors (Lipinski definition) is 9. The summed E-state index contributed by atoms with van der Waals surface area (Å²) in [4.78, 5) is 33.0. The monoisotopic (exact) mass is 498 g/mol. The number of hydrogen-bond donors (Lipinski definition) is 3. The lowest BCUT2D eigenvalue weighted by molar-refractivity contribution is 0.0526. The van der Waals surface area contributed by atoms with E-state index in [2.05, 4.69) is 25.6 Å². The van der Waals surface area contributed by atoms with Crippen molar-refractivity contribution in [2.75, 3.05) is 43.9 Å². The van der Waals surface area contributed by atoms with Gasteiger partial charge >= 0.3 is 6.03 Å². The van der Waals surface area contributed by atoms with Gasteiger partial charge in [0.05, 0.1) is 36.2 Å². The maximum atomic E-state index is 13.0. The normalized spacial score (nSPS) is 15.4. The molecule has 3 heterocycles. The number of aliphatic hydroxyl groups is 1. The van der Waals surface area contributed by atoms with Crippen molar-refractivity contribution in [1.82, 2.24) is 35.2 Å². The second-order valence-electron chi connectivity index (χ2n) is 8.84. The predicted octanol–water partition coefficient (Wildman–Crippen LogP) is 1.40. The van der Waals surface area contributed by atoms with E-state index in [0.717, 1.165) is 0 Å². The van der Waals surface area contributed by atoms with Gasteiger partial charge in [0.25, 0.3) is 5.91 Å². The Labute approximate surface area is 212 Å². The molecule has 13 heteroatoms. The highest BCUT2D eigenvalue weighted by molar-refractivity contribution is 6.00. The van der Waals surface area contributed by atoms with Gasteiger partial charge in [-0.3, -0.25) is 14.4 Å². The van der Waals surface area contributed by atoms with Gasteiger partial charge in [0.15, 0.2) is 23.1 Å². The molecule has 0 atom stereocenters. The highest BCUT2D eigenvalue weighted by Crippen LogP contribution is 2.37. The fraction of sp³-hybridized carbons (Fsp3) is 0.391.